The average Bonchev–Trinajstić information content (AvgIpc) is 2.74. The third-order valence-electron chi connectivity index (χ3n) is 4.17. The summed E-state index contributed by atoms with van der Waals surface area (Å²) in [5.74, 6) is -5.96. The predicted molar refractivity (Wildman–Crippen MR) is 108 cm³/mol. The second kappa shape index (κ2) is 10.9. The van der Waals surface area contributed by atoms with E-state index in [0.29, 0.717) is 12.5 Å². The van der Waals surface area contributed by atoms with Gasteiger partial charge in [-0.1, -0.05) is 25.1 Å². The number of nitrogens with one attached hydrogen (secondary N) is 2. The van der Waals surface area contributed by atoms with E-state index in [2.05, 4.69) is 10.0 Å². The molecule has 0 spiro atoms. The summed E-state index contributed by atoms with van der Waals surface area (Å²) in [4.78, 5) is 25.8. The molecule has 2 aromatic carbocycles. The lowest BCUT2D eigenvalue weighted by molar-refractivity contribution is -0.134. The number of sulfonamides is 1. The van der Waals surface area contributed by atoms with Crippen LogP contribution in [-0.2, 0) is 19.6 Å². The lowest BCUT2D eigenvalue weighted by Gasteiger charge is -2.22. The molecule has 0 saturated heterocycles. The van der Waals surface area contributed by atoms with E-state index in [4.69, 9.17) is 0 Å². The van der Waals surface area contributed by atoms with Crippen molar-refractivity contribution in [2.24, 2.45) is 0 Å². The van der Waals surface area contributed by atoms with Crippen LogP contribution in [-0.4, -0.2) is 44.8 Å². The molecule has 0 aliphatic rings. The smallest absolute Gasteiger partial charge is 0.244 e. The van der Waals surface area contributed by atoms with E-state index in [-0.39, 0.29) is 24.4 Å². The molecule has 0 radical (unpaired) electrons. The Balaban J connectivity index is 1.94. The quantitative estimate of drug-likeness (QED) is 0.537. The third-order valence-corrected chi connectivity index (χ3v) is 5.65. The molecule has 2 aromatic rings. The van der Waals surface area contributed by atoms with Crippen molar-refractivity contribution in [3.05, 3.63) is 59.9 Å². The van der Waals surface area contributed by atoms with E-state index in [1.165, 1.54) is 17.0 Å². The monoisotopic (exact) mass is 457 g/mol. The fourth-order valence-corrected chi connectivity index (χ4v) is 3.73. The molecule has 0 fully saturated rings. The van der Waals surface area contributed by atoms with Crippen molar-refractivity contribution in [1.29, 1.82) is 0 Å². The van der Waals surface area contributed by atoms with Crippen LogP contribution in [0.1, 0.15) is 19.8 Å². The third kappa shape index (κ3) is 6.79. The highest BCUT2D eigenvalue weighted by Crippen LogP contribution is 2.19. The van der Waals surface area contributed by atoms with Gasteiger partial charge in [-0.2, -0.15) is 0 Å². The van der Waals surface area contributed by atoms with Crippen LogP contribution in [0.25, 0.3) is 0 Å². The SMILES string of the molecule is CCCN(CC(=O)Nc1ccc(F)c(F)c1F)C(=O)CCNS(=O)(=O)c1ccccc1. The number of rotatable bonds is 10. The number of halogens is 3. The Hall–Kier alpha value is -2.92. The fraction of sp³-hybridized carbons (Fsp3) is 0.300. The van der Waals surface area contributed by atoms with Gasteiger partial charge in [0.25, 0.3) is 0 Å². The Morgan fingerprint density at radius 1 is 1.00 bits per heavy atom. The van der Waals surface area contributed by atoms with Crippen molar-refractivity contribution in [1.82, 2.24) is 9.62 Å². The molecule has 168 valence electrons. The number of benzene rings is 2. The molecule has 0 aliphatic heterocycles. The first-order valence-electron chi connectivity index (χ1n) is 9.41. The van der Waals surface area contributed by atoms with Crippen LogP contribution in [0.4, 0.5) is 18.9 Å². The highest BCUT2D eigenvalue weighted by molar-refractivity contribution is 7.89. The Morgan fingerprint density at radius 2 is 1.68 bits per heavy atom. The lowest BCUT2D eigenvalue weighted by atomic mass is 10.2. The highest BCUT2D eigenvalue weighted by Gasteiger charge is 2.20. The van der Waals surface area contributed by atoms with Crippen LogP contribution in [0, 0.1) is 17.5 Å². The van der Waals surface area contributed by atoms with Gasteiger partial charge in [-0.15, -0.1) is 0 Å². The molecule has 0 unspecified atom stereocenters. The van der Waals surface area contributed by atoms with Crippen molar-refractivity contribution in [2.45, 2.75) is 24.7 Å². The summed E-state index contributed by atoms with van der Waals surface area (Å²) in [5, 5.41) is 2.10. The lowest BCUT2D eigenvalue weighted by Crippen LogP contribution is -2.40. The minimum Gasteiger partial charge on any atom is -0.333 e. The van der Waals surface area contributed by atoms with Gasteiger partial charge in [0.1, 0.15) is 0 Å². The normalized spacial score (nSPS) is 11.2. The first-order chi connectivity index (χ1) is 14.7. The molecular formula is C20H22F3N3O4S. The molecule has 0 heterocycles. The van der Waals surface area contributed by atoms with Crippen LogP contribution in [0.3, 0.4) is 0 Å². The largest absolute Gasteiger partial charge is 0.333 e. The zero-order valence-electron chi connectivity index (χ0n) is 16.7. The van der Waals surface area contributed by atoms with E-state index in [1.54, 1.807) is 25.1 Å². The van der Waals surface area contributed by atoms with Gasteiger partial charge in [0.2, 0.25) is 21.8 Å². The fourth-order valence-electron chi connectivity index (χ4n) is 2.68. The summed E-state index contributed by atoms with van der Waals surface area (Å²) in [6.07, 6.45) is 0.299. The number of nitrogens with zero attached hydrogens (tertiary/aromatic N) is 1. The standard InChI is InChI=1S/C20H22F3N3O4S/c1-2-12-26(13-17(27)25-16-9-8-15(21)19(22)20(16)23)18(28)10-11-24-31(29,30)14-6-4-3-5-7-14/h3-9,24H,2,10-13H2,1H3,(H,25,27). The van der Waals surface area contributed by atoms with E-state index >= 15 is 0 Å². The molecule has 2 rings (SSSR count). The van der Waals surface area contributed by atoms with Crippen LogP contribution >= 0.6 is 0 Å². The van der Waals surface area contributed by atoms with Gasteiger partial charge in [-0.3, -0.25) is 9.59 Å². The first kappa shape index (κ1) is 24.4. The van der Waals surface area contributed by atoms with Gasteiger partial charge in [0.05, 0.1) is 17.1 Å². The number of hydrogen-bond donors (Lipinski definition) is 2. The zero-order valence-corrected chi connectivity index (χ0v) is 17.5. The molecule has 11 heteroatoms. The summed E-state index contributed by atoms with van der Waals surface area (Å²) in [7, 11) is -3.78. The summed E-state index contributed by atoms with van der Waals surface area (Å²) >= 11 is 0. The maximum absolute atomic E-state index is 13.7. The van der Waals surface area contributed by atoms with Gasteiger partial charge in [0.15, 0.2) is 17.5 Å². The Bertz CT molecular complexity index is 1030. The van der Waals surface area contributed by atoms with Crippen molar-refractivity contribution < 1.29 is 31.2 Å². The second-order valence-electron chi connectivity index (χ2n) is 6.55. The average molecular weight is 457 g/mol. The summed E-state index contributed by atoms with van der Waals surface area (Å²) in [5.41, 5.74) is -0.552. The summed E-state index contributed by atoms with van der Waals surface area (Å²) in [6.45, 7) is 1.31. The molecule has 2 amide bonds. The summed E-state index contributed by atoms with van der Waals surface area (Å²) < 4.78 is 66.7. The van der Waals surface area contributed by atoms with E-state index in [0.717, 1.165) is 6.07 Å². The number of carbonyl (C=O) groups excluding carboxylic acids is 2. The number of carbonyl (C=O) groups is 2. The van der Waals surface area contributed by atoms with Gasteiger partial charge in [-0.25, -0.2) is 26.3 Å². The number of amides is 2. The minimum atomic E-state index is -3.78. The molecule has 31 heavy (non-hydrogen) atoms. The second-order valence-corrected chi connectivity index (χ2v) is 8.31. The van der Waals surface area contributed by atoms with Crippen molar-refractivity contribution in [3.63, 3.8) is 0 Å². The van der Waals surface area contributed by atoms with Gasteiger partial charge < -0.3 is 10.2 Å². The molecule has 0 aromatic heterocycles. The Labute approximate surface area is 178 Å². The van der Waals surface area contributed by atoms with E-state index in [9.17, 15) is 31.2 Å². The zero-order chi connectivity index (χ0) is 23.0. The van der Waals surface area contributed by atoms with Crippen molar-refractivity contribution in [2.75, 3.05) is 25.0 Å². The van der Waals surface area contributed by atoms with Crippen LogP contribution in [0.15, 0.2) is 47.4 Å². The summed E-state index contributed by atoms with van der Waals surface area (Å²) in [6, 6.07) is 9.17. The molecule has 0 saturated carbocycles. The predicted octanol–water partition coefficient (Wildman–Crippen LogP) is 2.65. The number of hydrogen-bond acceptors (Lipinski definition) is 4. The highest BCUT2D eigenvalue weighted by atomic mass is 32.2. The van der Waals surface area contributed by atoms with Crippen LogP contribution < -0.4 is 10.0 Å². The van der Waals surface area contributed by atoms with Crippen molar-refractivity contribution >= 4 is 27.5 Å². The minimum absolute atomic E-state index is 0.0563. The van der Waals surface area contributed by atoms with Gasteiger partial charge in [0, 0.05) is 19.5 Å². The number of anilines is 1. The molecule has 0 aliphatic carbocycles. The van der Waals surface area contributed by atoms with Crippen LogP contribution in [0.2, 0.25) is 0 Å². The molecule has 2 N–H and O–H groups in total. The first-order valence-corrected chi connectivity index (χ1v) is 10.9. The van der Waals surface area contributed by atoms with Crippen molar-refractivity contribution in [3.8, 4) is 0 Å². The molecule has 7 nitrogen and oxygen atoms in total. The van der Waals surface area contributed by atoms with E-state index < -0.39 is 51.5 Å². The Morgan fingerprint density at radius 3 is 2.32 bits per heavy atom. The van der Waals surface area contributed by atoms with E-state index in [1.807, 2.05) is 0 Å². The van der Waals surface area contributed by atoms with Gasteiger partial charge >= 0.3 is 0 Å². The maximum Gasteiger partial charge on any atom is 0.244 e. The molecule has 0 bridgehead atoms. The molecule has 0 atom stereocenters. The Kier molecular flexibility index (Phi) is 8.57. The topological polar surface area (TPSA) is 95.6 Å². The van der Waals surface area contributed by atoms with Crippen LogP contribution in [0.5, 0.6) is 0 Å². The maximum atomic E-state index is 13.7. The molecular weight excluding hydrogens is 435 g/mol. The van der Waals surface area contributed by atoms with Gasteiger partial charge in [-0.05, 0) is 30.7 Å².